The number of likely N-dealkylation sites (N-methyl/N-ethyl adjacent to an activating group) is 1. The van der Waals surface area contributed by atoms with E-state index < -0.39 is 5.92 Å². The molecular weight excluding hydrogens is 519 g/mol. The van der Waals surface area contributed by atoms with Crippen molar-refractivity contribution in [1.29, 1.82) is 5.26 Å². The lowest BCUT2D eigenvalue weighted by Crippen LogP contribution is -2.35. The summed E-state index contributed by atoms with van der Waals surface area (Å²) in [6.45, 7) is 1.19. The van der Waals surface area contributed by atoms with Gasteiger partial charge in [0.2, 0.25) is 5.91 Å². The van der Waals surface area contributed by atoms with E-state index >= 15 is 0 Å². The Morgan fingerprint density at radius 1 is 1.15 bits per heavy atom. The zero-order valence-electron chi connectivity index (χ0n) is 23.5. The molecule has 1 amide bonds. The molecule has 2 heterocycles. The van der Waals surface area contributed by atoms with Crippen molar-refractivity contribution in [3.05, 3.63) is 89.4 Å². The highest BCUT2D eigenvalue weighted by Crippen LogP contribution is 2.37. The lowest BCUT2D eigenvalue weighted by molar-refractivity contribution is -0.122. The van der Waals surface area contributed by atoms with E-state index in [2.05, 4.69) is 16.4 Å². The maximum atomic E-state index is 13.8. The predicted molar refractivity (Wildman–Crippen MR) is 157 cm³/mol. The van der Waals surface area contributed by atoms with Crippen LogP contribution in [-0.2, 0) is 18.3 Å². The monoisotopic (exact) mass is 550 g/mol. The fourth-order valence-corrected chi connectivity index (χ4v) is 5.06. The van der Waals surface area contributed by atoms with Crippen LogP contribution in [-0.4, -0.2) is 59.9 Å². The van der Waals surface area contributed by atoms with Crippen LogP contribution < -0.4 is 10.1 Å². The second kappa shape index (κ2) is 11.7. The number of aryl methyl sites for hydroxylation is 1. The Kier molecular flexibility index (Phi) is 7.95. The first-order valence-corrected chi connectivity index (χ1v) is 13.3. The molecule has 0 aliphatic carbocycles. The van der Waals surface area contributed by atoms with Crippen molar-refractivity contribution < 1.29 is 13.9 Å². The number of nitrogens with zero attached hydrogens (tertiary/aromatic N) is 5. The van der Waals surface area contributed by atoms with Gasteiger partial charge in [-0.3, -0.25) is 14.5 Å². The number of carbonyl (C=O) groups excluding carboxylic acids is 1. The van der Waals surface area contributed by atoms with E-state index in [4.69, 9.17) is 9.84 Å². The second-order valence-electron chi connectivity index (χ2n) is 10.3. The molecule has 0 saturated heterocycles. The largest absolute Gasteiger partial charge is 0.496 e. The van der Waals surface area contributed by atoms with Crippen LogP contribution >= 0.6 is 0 Å². The number of aromatic nitrogens is 3. The molecule has 8 nitrogen and oxygen atoms in total. The van der Waals surface area contributed by atoms with Crippen molar-refractivity contribution in [2.24, 2.45) is 7.05 Å². The van der Waals surface area contributed by atoms with Crippen LogP contribution in [0.2, 0.25) is 0 Å². The Bertz CT molecular complexity index is 1750. The van der Waals surface area contributed by atoms with Crippen molar-refractivity contribution in [2.45, 2.75) is 12.3 Å². The van der Waals surface area contributed by atoms with Gasteiger partial charge in [0.25, 0.3) is 0 Å². The molecule has 41 heavy (non-hydrogen) atoms. The van der Waals surface area contributed by atoms with Gasteiger partial charge in [0.05, 0.1) is 41.9 Å². The molecule has 208 valence electrons. The topological polar surface area (TPSA) is 96.1 Å². The third kappa shape index (κ3) is 5.74. The first-order chi connectivity index (χ1) is 19.8. The number of nitriles is 1. The van der Waals surface area contributed by atoms with E-state index in [9.17, 15) is 14.4 Å². The summed E-state index contributed by atoms with van der Waals surface area (Å²) in [5.41, 5.74) is 5.34. The van der Waals surface area contributed by atoms with E-state index in [0.29, 0.717) is 36.4 Å². The number of hydrogen-bond donors (Lipinski definition) is 1. The molecule has 0 bridgehead atoms. The molecule has 1 atom stereocenters. The number of pyridine rings is 1. The first kappa shape index (κ1) is 27.7. The fourth-order valence-electron chi connectivity index (χ4n) is 5.06. The molecule has 0 aliphatic heterocycles. The number of carbonyl (C=O) groups is 1. The van der Waals surface area contributed by atoms with Crippen molar-refractivity contribution in [3.63, 3.8) is 0 Å². The molecule has 0 fully saturated rings. The second-order valence-corrected chi connectivity index (χ2v) is 10.3. The van der Waals surface area contributed by atoms with Crippen molar-refractivity contribution in [2.75, 3.05) is 34.3 Å². The van der Waals surface area contributed by atoms with Gasteiger partial charge in [0.1, 0.15) is 17.3 Å². The summed E-state index contributed by atoms with van der Waals surface area (Å²) >= 11 is 0. The summed E-state index contributed by atoms with van der Waals surface area (Å²) in [6, 6.07) is 19.4. The number of ether oxygens (including phenoxy) is 1. The van der Waals surface area contributed by atoms with Crippen molar-refractivity contribution in [1.82, 2.24) is 25.0 Å². The standard InChI is InChI=1S/C32H31FN6O2/c1-38(2)14-13-35-32(40)25(21-9-11-24(33)12-10-21)15-23-16-26-27(17-29(23)41-4)36-19-28-30(26)31(37-39(28)3)22-7-5-20(18-34)6-8-22/h5-12,16-17,19,25H,13-15H2,1-4H3,(H,35,40). The summed E-state index contributed by atoms with van der Waals surface area (Å²) < 4.78 is 21.3. The summed E-state index contributed by atoms with van der Waals surface area (Å²) in [7, 11) is 7.36. The molecule has 0 radical (unpaired) electrons. The molecule has 0 spiro atoms. The molecule has 0 aliphatic rings. The highest BCUT2D eigenvalue weighted by molar-refractivity contribution is 6.11. The van der Waals surface area contributed by atoms with Gasteiger partial charge in [-0.15, -0.1) is 0 Å². The normalized spacial score (nSPS) is 12.0. The number of hydrogen-bond acceptors (Lipinski definition) is 6. The molecule has 1 unspecified atom stereocenters. The lowest BCUT2D eigenvalue weighted by Gasteiger charge is -2.20. The van der Waals surface area contributed by atoms with Crippen LogP contribution in [0.25, 0.3) is 33.1 Å². The molecule has 2 aromatic heterocycles. The minimum atomic E-state index is -0.567. The Morgan fingerprint density at radius 3 is 2.54 bits per heavy atom. The van der Waals surface area contributed by atoms with Crippen LogP contribution in [0.4, 0.5) is 4.39 Å². The molecule has 9 heteroatoms. The van der Waals surface area contributed by atoms with Crippen LogP contribution in [0.3, 0.4) is 0 Å². The highest BCUT2D eigenvalue weighted by atomic mass is 19.1. The average Bonchev–Trinajstić information content (AvgIpc) is 3.32. The SMILES string of the molecule is COc1cc2ncc3c(c(-c4ccc(C#N)cc4)nn3C)c2cc1CC(C(=O)NCCN(C)C)c1ccc(F)cc1. The predicted octanol–water partition coefficient (Wildman–Crippen LogP) is 4.81. The molecule has 0 saturated carbocycles. The van der Waals surface area contributed by atoms with Gasteiger partial charge in [0, 0.05) is 42.5 Å². The minimum absolute atomic E-state index is 0.142. The van der Waals surface area contributed by atoms with Gasteiger partial charge in [0.15, 0.2) is 0 Å². The fraction of sp³-hybridized carbons (Fsp3) is 0.250. The van der Waals surface area contributed by atoms with Crippen molar-refractivity contribution in [3.8, 4) is 23.1 Å². The van der Waals surface area contributed by atoms with Gasteiger partial charge in [-0.2, -0.15) is 10.4 Å². The maximum absolute atomic E-state index is 13.8. The van der Waals surface area contributed by atoms with E-state index in [1.165, 1.54) is 12.1 Å². The Morgan fingerprint density at radius 2 is 1.88 bits per heavy atom. The summed E-state index contributed by atoms with van der Waals surface area (Å²) in [4.78, 5) is 20.2. The smallest absolute Gasteiger partial charge is 0.227 e. The van der Waals surface area contributed by atoms with Crippen LogP contribution in [0, 0.1) is 17.1 Å². The molecule has 1 N–H and O–H groups in total. The van der Waals surface area contributed by atoms with E-state index in [1.807, 2.05) is 50.3 Å². The number of amides is 1. The third-order valence-electron chi connectivity index (χ3n) is 7.24. The van der Waals surface area contributed by atoms with E-state index in [1.54, 1.807) is 42.3 Å². The molecular formula is C32H31FN6O2. The number of rotatable bonds is 9. The molecule has 5 rings (SSSR count). The number of methoxy groups -OCH3 is 1. The average molecular weight is 551 g/mol. The van der Waals surface area contributed by atoms with Gasteiger partial charge in [-0.1, -0.05) is 24.3 Å². The van der Waals surface area contributed by atoms with Gasteiger partial charge in [-0.25, -0.2) is 4.39 Å². The number of nitrogens with one attached hydrogen (secondary N) is 1. The van der Waals surface area contributed by atoms with Gasteiger partial charge >= 0.3 is 0 Å². The quantitative estimate of drug-likeness (QED) is 0.283. The zero-order chi connectivity index (χ0) is 29.1. The van der Waals surface area contributed by atoms with Crippen LogP contribution in [0.5, 0.6) is 5.75 Å². The van der Waals surface area contributed by atoms with Crippen LogP contribution in [0.15, 0.2) is 66.9 Å². The van der Waals surface area contributed by atoms with E-state index in [-0.39, 0.29) is 11.7 Å². The highest BCUT2D eigenvalue weighted by Gasteiger charge is 2.24. The summed E-state index contributed by atoms with van der Waals surface area (Å²) in [5.74, 6) is -0.453. The number of benzene rings is 3. The minimum Gasteiger partial charge on any atom is -0.496 e. The number of fused-ring (bicyclic) bond motifs is 3. The summed E-state index contributed by atoms with van der Waals surface area (Å²) in [5, 5.41) is 18.8. The first-order valence-electron chi connectivity index (χ1n) is 13.3. The molecule has 3 aromatic carbocycles. The van der Waals surface area contributed by atoms with Crippen molar-refractivity contribution >= 4 is 27.7 Å². The Balaban J connectivity index is 1.63. The van der Waals surface area contributed by atoms with Gasteiger partial charge in [-0.05, 0) is 62.0 Å². The summed E-state index contributed by atoms with van der Waals surface area (Å²) in [6.07, 6.45) is 2.12. The third-order valence-corrected chi connectivity index (χ3v) is 7.24. The Hall–Kier alpha value is -4.81. The van der Waals surface area contributed by atoms with Gasteiger partial charge < -0.3 is 15.0 Å². The zero-order valence-corrected chi connectivity index (χ0v) is 23.5. The maximum Gasteiger partial charge on any atom is 0.227 e. The van der Waals surface area contributed by atoms with E-state index in [0.717, 1.165) is 38.6 Å². The van der Waals surface area contributed by atoms with Crippen LogP contribution in [0.1, 0.15) is 22.6 Å². The lowest BCUT2D eigenvalue weighted by atomic mass is 9.89. The Labute approximate surface area is 238 Å². The molecule has 5 aromatic rings. The number of halogens is 1.